The van der Waals surface area contributed by atoms with Gasteiger partial charge in [-0.3, -0.25) is 14.4 Å². The van der Waals surface area contributed by atoms with E-state index in [1.54, 1.807) is 30.9 Å². The molecule has 1 N–H and O–H groups in total. The van der Waals surface area contributed by atoms with Crippen LogP contribution in [0.25, 0.3) is 21.1 Å². The standard InChI is InChI=1S/C23H25N5O3S3/c1-5-8-16-26-17-18(34-16)13-9-6-7-10-14(13)24-21(17)25-15(29)11-12-28-23(31)20(33-4)19(32-3)22(30)27(28)2/h6-7,9-10H,5,8,11-12H2,1-4H3,(H,24,25,29). The quantitative estimate of drug-likeness (QED) is 0.352. The van der Waals surface area contributed by atoms with E-state index in [4.69, 9.17) is 4.98 Å². The molecule has 3 aromatic heterocycles. The smallest absolute Gasteiger partial charge is 0.280 e. The molecule has 3 heterocycles. The molecule has 11 heteroatoms. The minimum absolute atomic E-state index is 0.0155. The first-order valence-corrected chi connectivity index (χ1v) is 14.1. The van der Waals surface area contributed by atoms with Crippen molar-refractivity contribution in [3.8, 4) is 0 Å². The number of para-hydroxylation sites is 1. The first kappa shape index (κ1) is 24.5. The first-order valence-electron chi connectivity index (χ1n) is 10.8. The summed E-state index contributed by atoms with van der Waals surface area (Å²) in [7, 11) is 1.55. The van der Waals surface area contributed by atoms with Crippen LogP contribution in [0.4, 0.5) is 5.82 Å². The van der Waals surface area contributed by atoms with Gasteiger partial charge in [-0.15, -0.1) is 34.9 Å². The maximum atomic E-state index is 12.9. The number of pyridine rings is 1. The second kappa shape index (κ2) is 10.3. The molecule has 0 aliphatic carbocycles. The number of hydrogen-bond donors (Lipinski definition) is 1. The Hall–Kier alpha value is -2.63. The maximum absolute atomic E-state index is 12.9. The highest BCUT2D eigenvalue weighted by Crippen LogP contribution is 2.34. The summed E-state index contributed by atoms with van der Waals surface area (Å²) in [5, 5.41) is 4.90. The van der Waals surface area contributed by atoms with Crippen molar-refractivity contribution in [3.05, 3.63) is 50.0 Å². The molecule has 0 saturated carbocycles. The number of thiazole rings is 1. The number of anilines is 1. The van der Waals surface area contributed by atoms with Crippen molar-refractivity contribution in [2.24, 2.45) is 7.05 Å². The third-order valence-electron chi connectivity index (χ3n) is 5.44. The number of thioether (sulfide) groups is 2. The van der Waals surface area contributed by atoms with E-state index < -0.39 is 0 Å². The number of rotatable bonds is 8. The van der Waals surface area contributed by atoms with Crippen molar-refractivity contribution in [1.29, 1.82) is 0 Å². The van der Waals surface area contributed by atoms with Crippen LogP contribution < -0.4 is 16.4 Å². The van der Waals surface area contributed by atoms with E-state index in [9.17, 15) is 14.4 Å². The molecule has 1 amide bonds. The average Bonchev–Trinajstić information content (AvgIpc) is 3.26. The zero-order valence-electron chi connectivity index (χ0n) is 19.4. The van der Waals surface area contributed by atoms with E-state index in [1.807, 2.05) is 24.3 Å². The molecule has 0 atom stereocenters. The molecule has 0 unspecified atom stereocenters. The summed E-state index contributed by atoms with van der Waals surface area (Å²) < 4.78 is 3.60. The Morgan fingerprint density at radius 1 is 1.09 bits per heavy atom. The molecule has 34 heavy (non-hydrogen) atoms. The molecule has 0 radical (unpaired) electrons. The molecular weight excluding hydrogens is 490 g/mol. The molecule has 4 rings (SSSR count). The second-order valence-corrected chi connectivity index (χ2v) is 10.4. The van der Waals surface area contributed by atoms with E-state index in [0.717, 1.165) is 33.5 Å². The van der Waals surface area contributed by atoms with E-state index in [-0.39, 0.29) is 30.0 Å². The largest absolute Gasteiger partial charge is 0.309 e. The lowest BCUT2D eigenvalue weighted by molar-refractivity contribution is -0.116. The second-order valence-electron chi connectivity index (χ2n) is 7.63. The topological polar surface area (TPSA) is 98.9 Å². The van der Waals surface area contributed by atoms with Crippen LogP contribution in [0.5, 0.6) is 0 Å². The number of aryl methyl sites for hydroxylation is 1. The highest BCUT2D eigenvalue weighted by molar-refractivity contribution is 8.01. The van der Waals surface area contributed by atoms with Crippen molar-refractivity contribution < 1.29 is 4.79 Å². The van der Waals surface area contributed by atoms with Crippen molar-refractivity contribution in [2.45, 2.75) is 42.5 Å². The van der Waals surface area contributed by atoms with Crippen molar-refractivity contribution in [2.75, 3.05) is 17.8 Å². The monoisotopic (exact) mass is 515 g/mol. The van der Waals surface area contributed by atoms with Crippen LogP contribution >= 0.6 is 34.9 Å². The van der Waals surface area contributed by atoms with Gasteiger partial charge >= 0.3 is 0 Å². The predicted octanol–water partition coefficient (Wildman–Crippen LogP) is 4.13. The van der Waals surface area contributed by atoms with Gasteiger partial charge in [-0.25, -0.2) is 19.3 Å². The van der Waals surface area contributed by atoms with Gasteiger partial charge in [-0.1, -0.05) is 25.1 Å². The number of nitrogens with zero attached hydrogens (tertiary/aromatic N) is 4. The fourth-order valence-electron chi connectivity index (χ4n) is 3.77. The SMILES string of the molecule is CCCc1nc2c(NC(=O)CCn3c(=O)c(SC)c(SC)c(=O)n3C)nc3ccccc3c2s1. The third-order valence-corrected chi connectivity index (χ3v) is 8.29. The lowest BCUT2D eigenvalue weighted by atomic mass is 10.2. The summed E-state index contributed by atoms with van der Waals surface area (Å²) in [5.74, 6) is 0.120. The Morgan fingerprint density at radius 3 is 2.50 bits per heavy atom. The van der Waals surface area contributed by atoms with Gasteiger partial charge in [-0.2, -0.15) is 0 Å². The lowest BCUT2D eigenvalue weighted by Gasteiger charge is -2.15. The number of carbonyl (C=O) groups excluding carboxylic acids is 1. The fraction of sp³-hybridized carbons (Fsp3) is 0.348. The van der Waals surface area contributed by atoms with Crippen molar-refractivity contribution in [1.82, 2.24) is 19.3 Å². The van der Waals surface area contributed by atoms with Crippen LogP contribution in [-0.2, 0) is 24.8 Å². The van der Waals surface area contributed by atoms with Gasteiger partial charge in [-0.05, 0) is 31.4 Å². The highest BCUT2D eigenvalue weighted by Gasteiger charge is 2.19. The average molecular weight is 516 g/mol. The maximum Gasteiger partial charge on any atom is 0.280 e. The summed E-state index contributed by atoms with van der Waals surface area (Å²) in [6, 6.07) is 7.80. The Kier molecular flexibility index (Phi) is 7.44. The lowest BCUT2D eigenvalue weighted by Crippen LogP contribution is -2.39. The first-order chi connectivity index (χ1) is 16.4. The normalized spacial score (nSPS) is 11.4. The van der Waals surface area contributed by atoms with E-state index >= 15 is 0 Å². The molecule has 1 aromatic carbocycles. The number of fused-ring (bicyclic) bond motifs is 3. The number of hydrogen-bond acceptors (Lipinski definition) is 8. The van der Waals surface area contributed by atoms with Gasteiger partial charge in [0.1, 0.15) is 5.52 Å². The molecule has 4 aromatic rings. The van der Waals surface area contributed by atoms with Crippen LogP contribution in [-0.4, -0.2) is 37.8 Å². The summed E-state index contributed by atoms with van der Waals surface area (Å²) in [5.41, 5.74) is 0.939. The molecule has 0 fully saturated rings. The van der Waals surface area contributed by atoms with Gasteiger partial charge in [0.05, 0.1) is 31.6 Å². The molecule has 8 nitrogen and oxygen atoms in total. The summed E-state index contributed by atoms with van der Waals surface area (Å²) in [4.78, 5) is 48.7. The van der Waals surface area contributed by atoms with Crippen LogP contribution in [0.2, 0.25) is 0 Å². The Morgan fingerprint density at radius 2 is 1.79 bits per heavy atom. The molecule has 0 bridgehead atoms. The number of benzene rings is 1. The van der Waals surface area contributed by atoms with E-state index in [2.05, 4.69) is 17.2 Å². The Balaban J connectivity index is 1.64. The Bertz CT molecular complexity index is 1510. The van der Waals surface area contributed by atoms with Crippen LogP contribution in [0.3, 0.4) is 0 Å². The van der Waals surface area contributed by atoms with Gasteiger partial charge in [0, 0.05) is 18.9 Å². The van der Waals surface area contributed by atoms with E-state index in [0.29, 0.717) is 21.1 Å². The Labute approximate surface area is 208 Å². The number of aromatic nitrogens is 4. The summed E-state index contributed by atoms with van der Waals surface area (Å²) >= 11 is 4.13. The van der Waals surface area contributed by atoms with Crippen molar-refractivity contribution >= 4 is 67.7 Å². The van der Waals surface area contributed by atoms with Gasteiger partial charge in [0.2, 0.25) is 5.91 Å². The predicted molar refractivity (Wildman–Crippen MR) is 142 cm³/mol. The molecule has 178 valence electrons. The van der Waals surface area contributed by atoms with Crippen LogP contribution in [0, 0.1) is 0 Å². The summed E-state index contributed by atoms with van der Waals surface area (Å²) in [6.45, 7) is 2.18. The zero-order chi connectivity index (χ0) is 24.4. The van der Waals surface area contributed by atoms with Crippen LogP contribution in [0.1, 0.15) is 24.8 Å². The third kappa shape index (κ3) is 4.51. The molecule has 0 aliphatic heterocycles. The highest BCUT2D eigenvalue weighted by atomic mass is 32.2. The number of nitrogens with one attached hydrogen (secondary N) is 1. The van der Waals surface area contributed by atoms with Gasteiger partial charge in [0.15, 0.2) is 5.82 Å². The molecule has 0 aliphatic rings. The minimum Gasteiger partial charge on any atom is -0.309 e. The van der Waals surface area contributed by atoms with Crippen LogP contribution in [0.15, 0.2) is 43.6 Å². The minimum atomic E-state index is -0.298. The number of amides is 1. The number of carbonyl (C=O) groups is 1. The molecule has 0 spiro atoms. The molecule has 0 saturated heterocycles. The van der Waals surface area contributed by atoms with Gasteiger partial charge < -0.3 is 5.32 Å². The molecular formula is C23H25N5O3S3. The summed E-state index contributed by atoms with van der Waals surface area (Å²) in [6.07, 6.45) is 5.40. The zero-order valence-corrected chi connectivity index (χ0v) is 21.8. The van der Waals surface area contributed by atoms with Crippen molar-refractivity contribution in [3.63, 3.8) is 0 Å². The fourth-order valence-corrected chi connectivity index (χ4v) is 6.60. The van der Waals surface area contributed by atoms with E-state index in [1.165, 1.54) is 32.9 Å². The van der Waals surface area contributed by atoms with Gasteiger partial charge in [0.25, 0.3) is 11.1 Å².